The molecule has 4 heteroatoms. The van der Waals surface area contributed by atoms with Crippen LogP contribution in [0.2, 0.25) is 0 Å². The molecular formula is C17H23N3O. The van der Waals surface area contributed by atoms with Gasteiger partial charge in [0.25, 0.3) is 0 Å². The molecule has 0 radical (unpaired) electrons. The van der Waals surface area contributed by atoms with Crippen molar-refractivity contribution in [3.8, 4) is 5.69 Å². The van der Waals surface area contributed by atoms with Crippen LogP contribution in [0.4, 0.5) is 0 Å². The van der Waals surface area contributed by atoms with Crippen molar-refractivity contribution in [3.63, 3.8) is 0 Å². The van der Waals surface area contributed by atoms with E-state index < -0.39 is 0 Å². The lowest BCUT2D eigenvalue weighted by atomic mass is 10.1. The minimum Gasteiger partial charge on any atom is -0.356 e. The number of para-hydroxylation sites is 1. The van der Waals surface area contributed by atoms with Crippen LogP contribution in [-0.2, 0) is 11.2 Å². The molecule has 1 N–H and O–H groups in total. The van der Waals surface area contributed by atoms with Crippen LogP contribution in [0.1, 0.15) is 31.8 Å². The summed E-state index contributed by atoms with van der Waals surface area (Å²) in [7, 11) is 0. The van der Waals surface area contributed by atoms with E-state index >= 15 is 0 Å². The highest BCUT2D eigenvalue weighted by molar-refractivity contribution is 5.76. The van der Waals surface area contributed by atoms with Crippen LogP contribution < -0.4 is 5.32 Å². The zero-order valence-corrected chi connectivity index (χ0v) is 13.0. The van der Waals surface area contributed by atoms with Crippen LogP contribution in [0.5, 0.6) is 0 Å². The van der Waals surface area contributed by atoms with Crippen molar-refractivity contribution >= 4 is 5.91 Å². The van der Waals surface area contributed by atoms with E-state index in [4.69, 9.17) is 0 Å². The number of carbonyl (C=O) groups excluding carboxylic acids is 1. The van der Waals surface area contributed by atoms with Crippen molar-refractivity contribution in [1.82, 2.24) is 14.9 Å². The summed E-state index contributed by atoms with van der Waals surface area (Å²) in [5, 5.41) is 2.94. The topological polar surface area (TPSA) is 46.9 Å². The molecule has 2 rings (SSSR count). The number of hydrogen-bond donors (Lipinski definition) is 1. The second-order valence-electron chi connectivity index (χ2n) is 5.68. The van der Waals surface area contributed by atoms with Crippen LogP contribution in [0.25, 0.3) is 5.69 Å². The van der Waals surface area contributed by atoms with Crippen LogP contribution in [0.15, 0.2) is 36.5 Å². The van der Waals surface area contributed by atoms with Gasteiger partial charge in [0, 0.05) is 31.3 Å². The Kier molecular flexibility index (Phi) is 5.14. The molecule has 0 saturated carbocycles. The molecule has 1 amide bonds. The Labute approximate surface area is 126 Å². The number of imidazole rings is 1. The molecule has 112 valence electrons. The summed E-state index contributed by atoms with van der Waals surface area (Å²) in [5.74, 6) is 1.47. The van der Waals surface area contributed by atoms with Gasteiger partial charge in [-0.3, -0.25) is 4.79 Å². The third-order valence-corrected chi connectivity index (χ3v) is 3.26. The van der Waals surface area contributed by atoms with Crippen molar-refractivity contribution in [3.05, 3.63) is 48.0 Å². The van der Waals surface area contributed by atoms with E-state index in [-0.39, 0.29) is 5.91 Å². The first kappa shape index (κ1) is 15.3. The Morgan fingerprint density at radius 2 is 2.00 bits per heavy atom. The molecule has 0 fully saturated rings. The zero-order valence-electron chi connectivity index (χ0n) is 13.0. The first-order chi connectivity index (χ1) is 10.1. The Morgan fingerprint density at radius 1 is 1.29 bits per heavy atom. The van der Waals surface area contributed by atoms with Gasteiger partial charge in [-0.05, 0) is 25.0 Å². The van der Waals surface area contributed by atoms with Gasteiger partial charge in [0.2, 0.25) is 5.91 Å². The van der Waals surface area contributed by atoms with Gasteiger partial charge < -0.3 is 9.88 Å². The second-order valence-corrected chi connectivity index (χ2v) is 5.68. The molecule has 0 aliphatic carbocycles. The summed E-state index contributed by atoms with van der Waals surface area (Å²) in [6.45, 7) is 6.72. The highest BCUT2D eigenvalue weighted by Crippen LogP contribution is 2.12. The number of nitrogens with one attached hydrogen (secondary N) is 1. The average molecular weight is 285 g/mol. The summed E-state index contributed by atoms with van der Waals surface area (Å²) in [6, 6.07) is 10.1. The van der Waals surface area contributed by atoms with Crippen LogP contribution in [-0.4, -0.2) is 22.0 Å². The molecule has 0 saturated heterocycles. The minimum absolute atomic E-state index is 0.115. The first-order valence-corrected chi connectivity index (χ1v) is 7.43. The molecule has 21 heavy (non-hydrogen) atoms. The Bertz CT molecular complexity index is 587. The summed E-state index contributed by atoms with van der Waals surface area (Å²) >= 11 is 0. The molecule has 4 nitrogen and oxygen atoms in total. The Hall–Kier alpha value is -2.10. The Balaban J connectivity index is 1.92. The van der Waals surface area contributed by atoms with E-state index in [9.17, 15) is 4.79 Å². The van der Waals surface area contributed by atoms with Crippen molar-refractivity contribution in [2.24, 2.45) is 5.92 Å². The van der Waals surface area contributed by atoms with E-state index in [0.29, 0.717) is 18.9 Å². The van der Waals surface area contributed by atoms with Crippen molar-refractivity contribution in [1.29, 1.82) is 0 Å². The van der Waals surface area contributed by atoms with Crippen molar-refractivity contribution in [2.75, 3.05) is 6.54 Å². The number of benzene rings is 1. The normalized spacial score (nSPS) is 10.9. The number of hydrogen-bond acceptors (Lipinski definition) is 2. The fourth-order valence-electron chi connectivity index (χ4n) is 2.28. The van der Waals surface area contributed by atoms with Crippen molar-refractivity contribution in [2.45, 2.75) is 33.6 Å². The SMILES string of the molecule is Cc1nc(CCNC(=O)CC(C)C)cn1-c1ccccc1. The summed E-state index contributed by atoms with van der Waals surface area (Å²) < 4.78 is 2.07. The molecule has 1 aromatic heterocycles. The van der Waals surface area contributed by atoms with E-state index in [0.717, 1.165) is 23.6 Å². The van der Waals surface area contributed by atoms with E-state index in [1.165, 1.54) is 0 Å². The summed E-state index contributed by atoms with van der Waals surface area (Å²) in [4.78, 5) is 16.2. The van der Waals surface area contributed by atoms with Gasteiger partial charge in [-0.1, -0.05) is 32.0 Å². The number of carbonyl (C=O) groups is 1. The highest BCUT2D eigenvalue weighted by Gasteiger charge is 2.07. The largest absolute Gasteiger partial charge is 0.356 e. The monoisotopic (exact) mass is 285 g/mol. The third-order valence-electron chi connectivity index (χ3n) is 3.26. The van der Waals surface area contributed by atoms with Crippen LogP contribution in [0.3, 0.4) is 0 Å². The van der Waals surface area contributed by atoms with Gasteiger partial charge in [-0.25, -0.2) is 4.98 Å². The fraction of sp³-hybridized carbons (Fsp3) is 0.412. The smallest absolute Gasteiger partial charge is 0.220 e. The van der Waals surface area contributed by atoms with E-state index in [2.05, 4.69) is 27.0 Å². The molecular weight excluding hydrogens is 262 g/mol. The summed E-state index contributed by atoms with van der Waals surface area (Å²) in [5.41, 5.74) is 2.11. The number of nitrogens with zero attached hydrogens (tertiary/aromatic N) is 2. The lowest BCUT2D eigenvalue weighted by Crippen LogP contribution is -2.26. The molecule has 0 atom stereocenters. The van der Waals surface area contributed by atoms with Crippen molar-refractivity contribution < 1.29 is 4.79 Å². The maximum atomic E-state index is 11.6. The number of rotatable bonds is 6. The molecule has 0 bridgehead atoms. The van der Waals surface area contributed by atoms with Gasteiger partial charge in [0.15, 0.2) is 0 Å². The Morgan fingerprint density at radius 3 is 2.67 bits per heavy atom. The molecule has 1 aromatic carbocycles. The van der Waals surface area contributed by atoms with Gasteiger partial charge in [-0.2, -0.15) is 0 Å². The van der Waals surface area contributed by atoms with E-state index in [1.807, 2.05) is 45.2 Å². The number of amides is 1. The number of aryl methyl sites for hydroxylation is 1. The molecule has 0 aliphatic heterocycles. The zero-order chi connectivity index (χ0) is 15.2. The van der Waals surface area contributed by atoms with Gasteiger partial charge in [-0.15, -0.1) is 0 Å². The highest BCUT2D eigenvalue weighted by atomic mass is 16.1. The van der Waals surface area contributed by atoms with E-state index in [1.54, 1.807) is 0 Å². The van der Waals surface area contributed by atoms with Gasteiger partial charge in [0.1, 0.15) is 5.82 Å². The van der Waals surface area contributed by atoms with Crippen LogP contribution >= 0.6 is 0 Å². The number of aromatic nitrogens is 2. The third kappa shape index (κ3) is 4.45. The summed E-state index contributed by atoms with van der Waals surface area (Å²) in [6.07, 6.45) is 3.38. The standard InChI is InChI=1S/C17H23N3O/c1-13(2)11-17(21)18-10-9-15-12-20(14(3)19-15)16-7-5-4-6-8-16/h4-8,12-13H,9-11H2,1-3H3,(H,18,21). The average Bonchev–Trinajstić information content (AvgIpc) is 2.80. The molecule has 1 heterocycles. The quantitative estimate of drug-likeness (QED) is 0.887. The molecule has 0 aliphatic rings. The molecule has 0 unspecified atom stereocenters. The van der Waals surface area contributed by atoms with Gasteiger partial charge in [0.05, 0.1) is 5.69 Å². The predicted octanol–water partition coefficient (Wildman–Crippen LogP) is 2.89. The maximum Gasteiger partial charge on any atom is 0.220 e. The van der Waals surface area contributed by atoms with Crippen LogP contribution in [0, 0.1) is 12.8 Å². The van der Waals surface area contributed by atoms with Gasteiger partial charge >= 0.3 is 0 Å². The lowest BCUT2D eigenvalue weighted by Gasteiger charge is -2.05. The fourth-order valence-corrected chi connectivity index (χ4v) is 2.28. The second kappa shape index (κ2) is 7.07. The molecule has 2 aromatic rings. The minimum atomic E-state index is 0.115. The predicted molar refractivity (Wildman–Crippen MR) is 84.5 cm³/mol. The lowest BCUT2D eigenvalue weighted by molar-refractivity contribution is -0.121. The maximum absolute atomic E-state index is 11.6. The molecule has 0 spiro atoms. The first-order valence-electron chi connectivity index (χ1n) is 7.43.